The molecule has 1 atom stereocenters. The molecule has 0 fully saturated rings. The second-order valence-corrected chi connectivity index (χ2v) is 6.92. The fourth-order valence-corrected chi connectivity index (χ4v) is 2.89. The second kappa shape index (κ2) is 9.77. The quantitative estimate of drug-likeness (QED) is 0.391. The number of amides is 1. The monoisotopic (exact) mass is 499 g/mol. The number of benzene rings is 2. The highest BCUT2D eigenvalue weighted by Gasteiger charge is 2.42. The number of carbonyl (C=O) groups is 2. The summed E-state index contributed by atoms with van der Waals surface area (Å²) in [6, 6.07) is 1.78. The first kappa shape index (κ1) is 26.7. The molecule has 0 aliphatic rings. The molecule has 0 bridgehead atoms. The average Bonchev–Trinajstić information content (AvgIpc) is 2.68. The molecule has 184 valence electrons. The Labute approximate surface area is 185 Å². The third-order valence-electron chi connectivity index (χ3n) is 4.37. The first-order valence-corrected chi connectivity index (χ1v) is 9.13. The number of hydrogen-bond acceptors (Lipinski definition) is 2. The molecular weight excluding hydrogens is 485 g/mol. The zero-order valence-corrected chi connectivity index (χ0v) is 16.6. The van der Waals surface area contributed by atoms with Crippen molar-refractivity contribution in [3.63, 3.8) is 0 Å². The normalized spacial score (nSPS) is 13.7. The lowest BCUT2D eigenvalue weighted by atomic mass is 10.0. The van der Waals surface area contributed by atoms with Gasteiger partial charge in [-0.3, -0.25) is 9.59 Å². The lowest BCUT2D eigenvalue weighted by molar-refractivity contribution is -0.162. The molecule has 0 aliphatic carbocycles. The molecule has 0 radical (unpaired) electrons. The number of carboxylic acid groups (broad SMARTS) is 1. The molecule has 13 heteroatoms. The predicted molar refractivity (Wildman–Crippen MR) is 100 cm³/mol. The van der Waals surface area contributed by atoms with Crippen molar-refractivity contribution in [2.24, 2.45) is 0 Å². The van der Waals surface area contributed by atoms with Crippen LogP contribution in [0.15, 0.2) is 48.5 Å². The zero-order valence-electron chi connectivity index (χ0n) is 16.6. The first-order valence-electron chi connectivity index (χ1n) is 9.13. The van der Waals surface area contributed by atoms with Gasteiger partial charge < -0.3 is 10.4 Å². The molecule has 0 spiro atoms. The first-order chi connectivity index (χ1) is 15.5. The van der Waals surface area contributed by atoms with Gasteiger partial charge in [-0.15, -0.1) is 0 Å². The lowest BCUT2D eigenvalue weighted by Gasteiger charge is -2.22. The molecule has 0 aromatic heterocycles. The summed E-state index contributed by atoms with van der Waals surface area (Å²) in [5.74, 6) is -2.97. The Morgan fingerprint density at radius 1 is 0.912 bits per heavy atom. The van der Waals surface area contributed by atoms with Crippen molar-refractivity contribution >= 4 is 18.0 Å². The van der Waals surface area contributed by atoms with E-state index in [2.05, 4.69) is 0 Å². The SMILES string of the molecule is O=C(O)Cc1ccc(/C=C/C(=O)NC(c2cccc(C(F)(F)F)c2)C(F)(F)F)cc1C(F)(F)F. The molecule has 0 aliphatic heterocycles. The maximum Gasteiger partial charge on any atom is 0.416 e. The summed E-state index contributed by atoms with van der Waals surface area (Å²) >= 11 is 0. The summed E-state index contributed by atoms with van der Waals surface area (Å²) in [7, 11) is 0. The molecule has 1 amide bonds. The van der Waals surface area contributed by atoms with E-state index < -0.39 is 65.1 Å². The van der Waals surface area contributed by atoms with Crippen LogP contribution in [0.3, 0.4) is 0 Å². The molecular formula is C21H14F9NO3. The number of hydrogen-bond donors (Lipinski definition) is 2. The number of carboxylic acids is 1. The van der Waals surface area contributed by atoms with Gasteiger partial charge in [-0.1, -0.05) is 24.3 Å². The van der Waals surface area contributed by atoms with Gasteiger partial charge in [0.1, 0.15) is 0 Å². The van der Waals surface area contributed by atoms with Crippen LogP contribution in [-0.4, -0.2) is 23.2 Å². The van der Waals surface area contributed by atoms with Crippen molar-refractivity contribution in [3.8, 4) is 0 Å². The summed E-state index contributed by atoms with van der Waals surface area (Å²) in [5.41, 5.74) is -4.43. The van der Waals surface area contributed by atoms with Crippen LogP contribution in [0.4, 0.5) is 39.5 Å². The largest absolute Gasteiger partial charge is 0.481 e. The Bertz CT molecular complexity index is 1090. The van der Waals surface area contributed by atoms with Gasteiger partial charge in [0.25, 0.3) is 0 Å². The summed E-state index contributed by atoms with van der Waals surface area (Å²) in [6.45, 7) is 0. The van der Waals surface area contributed by atoms with Crippen LogP contribution >= 0.6 is 0 Å². The van der Waals surface area contributed by atoms with Gasteiger partial charge >= 0.3 is 24.5 Å². The Morgan fingerprint density at radius 2 is 1.56 bits per heavy atom. The predicted octanol–water partition coefficient (Wildman–Crippen LogP) is 5.78. The maximum absolute atomic E-state index is 13.4. The van der Waals surface area contributed by atoms with Crippen molar-refractivity contribution in [3.05, 3.63) is 76.4 Å². The standard InChI is InChI=1S/C21H14F9NO3/c22-19(23,24)14-3-1-2-13(9-14)18(21(28,29)30)31-16(32)7-5-11-4-6-12(10-17(33)34)15(8-11)20(25,26)27/h1-9,18H,10H2,(H,31,32)(H,33,34)/b7-5+. The van der Waals surface area contributed by atoms with Crippen LogP contribution in [-0.2, 0) is 28.4 Å². The number of halogens is 9. The van der Waals surface area contributed by atoms with Gasteiger partial charge in [0.05, 0.1) is 17.5 Å². The molecule has 2 N–H and O–H groups in total. The van der Waals surface area contributed by atoms with E-state index in [1.165, 1.54) is 5.32 Å². The average molecular weight is 499 g/mol. The second-order valence-electron chi connectivity index (χ2n) is 6.92. The number of aliphatic carboxylic acids is 1. The highest BCUT2D eigenvalue weighted by molar-refractivity contribution is 5.92. The highest BCUT2D eigenvalue weighted by Crippen LogP contribution is 2.36. The van der Waals surface area contributed by atoms with E-state index in [0.29, 0.717) is 18.2 Å². The summed E-state index contributed by atoms with van der Waals surface area (Å²) in [4.78, 5) is 22.7. The highest BCUT2D eigenvalue weighted by atomic mass is 19.4. The van der Waals surface area contributed by atoms with Crippen molar-refractivity contribution in [1.82, 2.24) is 5.32 Å². The molecule has 2 aromatic carbocycles. The molecule has 0 heterocycles. The summed E-state index contributed by atoms with van der Waals surface area (Å²) in [5, 5.41) is 10.2. The fraction of sp³-hybridized carbons (Fsp3) is 0.238. The van der Waals surface area contributed by atoms with E-state index in [4.69, 9.17) is 5.11 Å². The molecule has 2 rings (SSSR count). The third-order valence-corrected chi connectivity index (χ3v) is 4.37. The molecule has 2 aromatic rings. The maximum atomic E-state index is 13.4. The Morgan fingerprint density at radius 3 is 2.09 bits per heavy atom. The van der Waals surface area contributed by atoms with Crippen LogP contribution < -0.4 is 5.32 Å². The Kier molecular flexibility index (Phi) is 7.69. The van der Waals surface area contributed by atoms with Crippen LogP contribution in [0.1, 0.15) is 33.9 Å². The molecule has 34 heavy (non-hydrogen) atoms. The number of carbonyl (C=O) groups excluding carboxylic acids is 1. The lowest BCUT2D eigenvalue weighted by Crippen LogP contribution is -2.37. The van der Waals surface area contributed by atoms with Gasteiger partial charge in [0.15, 0.2) is 6.04 Å². The van der Waals surface area contributed by atoms with Crippen molar-refractivity contribution in [2.45, 2.75) is 31.0 Å². The van der Waals surface area contributed by atoms with E-state index in [-0.39, 0.29) is 11.6 Å². The molecule has 0 saturated carbocycles. The van der Waals surface area contributed by atoms with Gasteiger partial charge in [0.2, 0.25) is 5.91 Å². The van der Waals surface area contributed by atoms with Gasteiger partial charge in [-0.05, 0) is 41.0 Å². The van der Waals surface area contributed by atoms with Crippen LogP contribution in [0.2, 0.25) is 0 Å². The van der Waals surface area contributed by atoms with E-state index >= 15 is 0 Å². The fourth-order valence-electron chi connectivity index (χ4n) is 2.89. The third kappa shape index (κ3) is 7.25. The smallest absolute Gasteiger partial charge is 0.416 e. The molecule has 0 saturated heterocycles. The van der Waals surface area contributed by atoms with Gasteiger partial charge in [-0.2, -0.15) is 39.5 Å². The number of rotatable bonds is 6. The van der Waals surface area contributed by atoms with Crippen LogP contribution in [0.5, 0.6) is 0 Å². The van der Waals surface area contributed by atoms with Crippen LogP contribution in [0.25, 0.3) is 6.08 Å². The van der Waals surface area contributed by atoms with Gasteiger partial charge in [-0.25, -0.2) is 0 Å². The zero-order chi connectivity index (χ0) is 25.9. The minimum absolute atomic E-state index is 0.221. The van der Waals surface area contributed by atoms with Crippen LogP contribution in [0, 0.1) is 0 Å². The van der Waals surface area contributed by atoms with E-state index in [9.17, 15) is 49.1 Å². The Balaban J connectivity index is 2.30. The van der Waals surface area contributed by atoms with E-state index in [1.807, 2.05) is 0 Å². The Hall–Kier alpha value is -3.51. The van der Waals surface area contributed by atoms with E-state index in [1.54, 1.807) is 0 Å². The minimum Gasteiger partial charge on any atom is -0.481 e. The molecule has 1 unspecified atom stereocenters. The van der Waals surface area contributed by atoms with Crippen molar-refractivity contribution in [1.29, 1.82) is 0 Å². The van der Waals surface area contributed by atoms with Crippen molar-refractivity contribution < 1.29 is 54.2 Å². The topological polar surface area (TPSA) is 66.4 Å². The van der Waals surface area contributed by atoms with Crippen molar-refractivity contribution in [2.75, 3.05) is 0 Å². The number of alkyl halides is 9. The minimum atomic E-state index is -5.18. The molecule has 4 nitrogen and oxygen atoms in total. The summed E-state index contributed by atoms with van der Waals surface area (Å²) in [6.07, 6.45) is -14.8. The van der Waals surface area contributed by atoms with Gasteiger partial charge in [0, 0.05) is 6.08 Å². The number of nitrogens with one attached hydrogen (secondary N) is 1. The van der Waals surface area contributed by atoms with E-state index in [0.717, 1.165) is 30.3 Å². The summed E-state index contributed by atoms with van der Waals surface area (Å²) < 4.78 is 118.